The second-order valence-electron chi connectivity index (χ2n) is 15.9. The number of fused-ring (bicyclic) bond motifs is 5. The van der Waals surface area contributed by atoms with Crippen molar-refractivity contribution < 1.29 is 14.6 Å². The number of imidazole rings is 1. The molecule has 2 N–H and O–H groups in total. The number of aromatic hydroxyl groups is 1. The average Bonchev–Trinajstić information content (AvgIpc) is 3.90. The smallest absolute Gasteiger partial charge is 0.232 e. The van der Waals surface area contributed by atoms with E-state index in [0.29, 0.717) is 35.4 Å². The first-order valence-corrected chi connectivity index (χ1v) is 19.2. The number of carbonyl (C=O) groups excluding carboxylic acids is 1. The van der Waals surface area contributed by atoms with E-state index in [2.05, 4.69) is 52.0 Å². The Morgan fingerprint density at radius 1 is 1.02 bits per heavy atom. The van der Waals surface area contributed by atoms with Crippen LogP contribution in [-0.4, -0.2) is 95.3 Å². The maximum Gasteiger partial charge on any atom is 0.232 e. The number of nitrogens with zero attached hydrogens (tertiary/aromatic N) is 7. The molecule has 2 aromatic heterocycles. The Morgan fingerprint density at radius 3 is 2.47 bits per heavy atom. The first kappa shape index (κ1) is 35.0. The summed E-state index contributed by atoms with van der Waals surface area (Å²) in [6.45, 7) is 4.44. The Balaban J connectivity index is 1.43. The molecule has 6 aromatic rings. The predicted octanol–water partition coefficient (Wildman–Crippen LogP) is 6.83. The molecule has 3 aliphatic heterocycles. The van der Waals surface area contributed by atoms with Crippen molar-refractivity contribution in [2.75, 3.05) is 52.7 Å². The minimum Gasteiger partial charge on any atom is -0.508 e. The van der Waals surface area contributed by atoms with Crippen LogP contribution in [0.5, 0.6) is 17.2 Å². The highest BCUT2D eigenvalue weighted by atomic mass is 16.5. The van der Waals surface area contributed by atoms with Crippen molar-refractivity contribution in [3.05, 3.63) is 84.2 Å². The molecule has 5 heterocycles. The van der Waals surface area contributed by atoms with E-state index < -0.39 is 5.92 Å². The van der Waals surface area contributed by atoms with Crippen molar-refractivity contribution in [3.63, 3.8) is 0 Å². The van der Waals surface area contributed by atoms with Crippen LogP contribution in [0, 0.1) is 17.2 Å². The molecule has 11 nitrogen and oxygen atoms in total. The summed E-state index contributed by atoms with van der Waals surface area (Å²) in [5.74, 6) is 2.76. The van der Waals surface area contributed by atoms with Gasteiger partial charge in [-0.05, 0) is 92.0 Å². The van der Waals surface area contributed by atoms with Crippen LogP contribution in [0.4, 0.5) is 5.82 Å². The summed E-state index contributed by atoms with van der Waals surface area (Å²) < 4.78 is 9.41. The molecule has 10 rings (SSSR count). The number of hydrogen-bond donors (Lipinski definition) is 2. The maximum absolute atomic E-state index is 13.8. The number of rotatable bonds is 10. The lowest BCUT2D eigenvalue weighted by Crippen LogP contribution is -2.57. The second kappa shape index (κ2) is 13.6. The zero-order chi connectivity index (χ0) is 38.1. The Morgan fingerprint density at radius 2 is 1.78 bits per heavy atom. The number of aryl methyl sites for hydroxylation is 1. The van der Waals surface area contributed by atoms with Crippen LogP contribution in [0.3, 0.4) is 0 Å². The molecule has 11 heteroatoms. The lowest BCUT2D eigenvalue weighted by molar-refractivity contribution is -0.130. The number of para-hydroxylation sites is 1. The summed E-state index contributed by atoms with van der Waals surface area (Å²) in [6.07, 6.45) is 1.81. The van der Waals surface area contributed by atoms with Crippen molar-refractivity contribution in [2.45, 2.75) is 50.2 Å². The standard InChI is InChI=1S/C44H46N8O3/c1-25(44(54)50(4)5)42-48-38-40(52(42)39-28-20-35(39)46-22-28)34-19-27(13-11-17-45)36(33-21-30(53)18-26-12-9-10-16-32(26)33)41(55-31-14-7-6-8-15-31)37(34)47-43(38)51-23-29(24-51)49(2)3/h6-10,12,14-16,18-19,21,25,28-29,35,39,46,53H,11,13,20,22-24H2,1-5H3. The number of hydrogen-bond acceptors (Lipinski definition) is 9. The number of likely N-dealkylation sites (N-methyl/N-ethyl adjacent to an activating group) is 2. The molecule has 0 radical (unpaired) electrons. The van der Waals surface area contributed by atoms with Gasteiger partial charge in [0.05, 0.1) is 23.5 Å². The van der Waals surface area contributed by atoms with Gasteiger partial charge in [0.15, 0.2) is 11.6 Å². The number of nitrogens with one attached hydrogen (secondary N) is 1. The van der Waals surface area contributed by atoms with Crippen LogP contribution >= 0.6 is 0 Å². The summed E-state index contributed by atoms with van der Waals surface area (Å²) in [5, 5.41) is 27.6. The quantitative estimate of drug-likeness (QED) is 0.156. The molecule has 3 saturated heterocycles. The zero-order valence-electron chi connectivity index (χ0n) is 32.0. The Labute approximate surface area is 320 Å². The van der Waals surface area contributed by atoms with Gasteiger partial charge in [0.1, 0.15) is 28.4 Å². The van der Waals surface area contributed by atoms with Crippen LogP contribution in [0.25, 0.3) is 43.8 Å². The Kier molecular flexibility index (Phi) is 8.63. The third-order valence-electron chi connectivity index (χ3n) is 12.0. The monoisotopic (exact) mass is 734 g/mol. The summed E-state index contributed by atoms with van der Waals surface area (Å²) in [6, 6.07) is 26.6. The molecule has 4 fully saturated rings. The van der Waals surface area contributed by atoms with Crippen LogP contribution in [-0.2, 0) is 11.2 Å². The normalized spacial score (nSPS) is 19.8. The maximum atomic E-state index is 13.8. The van der Waals surface area contributed by atoms with Gasteiger partial charge in [-0.2, -0.15) is 5.26 Å². The van der Waals surface area contributed by atoms with Gasteiger partial charge in [0.2, 0.25) is 5.91 Å². The Bertz CT molecular complexity index is 2500. The molecular formula is C44H46N8O3. The summed E-state index contributed by atoms with van der Waals surface area (Å²) >= 11 is 0. The minimum atomic E-state index is -0.493. The molecule has 4 unspecified atom stereocenters. The molecule has 280 valence electrons. The van der Waals surface area contributed by atoms with Gasteiger partial charge in [0.25, 0.3) is 0 Å². The number of phenolic OH excluding ortho intramolecular Hbond substituents is 1. The average molecular weight is 735 g/mol. The highest BCUT2D eigenvalue weighted by Gasteiger charge is 2.50. The van der Waals surface area contributed by atoms with E-state index in [9.17, 15) is 15.2 Å². The third-order valence-corrected chi connectivity index (χ3v) is 12.0. The van der Waals surface area contributed by atoms with E-state index in [-0.39, 0.29) is 30.2 Å². The third kappa shape index (κ3) is 5.74. The Hall–Kier alpha value is -5.70. The molecule has 4 atom stereocenters. The molecule has 1 amide bonds. The van der Waals surface area contributed by atoms with E-state index in [1.807, 2.05) is 55.5 Å². The fourth-order valence-corrected chi connectivity index (χ4v) is 9.03. The van der Waals surface area contributed by atoms with Gasteiger partial charge in [0, 0.05) is 63.2 Å². The van der Waals surface area contributed by atoms with E-state index in [4.69, 9.17) is 14.7 Å². The van der Waals surface area contributed by atoms with Crippen molar-refractivity contribution >= 4 is 44.4 Å². The fourth-order valence-electron chi connectivity index (χ4n) is 9.03. The molecule has 1 saturated carbocycles. The van der Waals surface area contributed by atoms with Crippen LogP contribution < -0.4 is 15.0 Å². The number of benzene rings is 4. The summed E-state index contributed by atoms with van der Waals surface area (Å²) in [7, 11) is 7.80. The molecule has 1 aliphatic carbocycles. The topological polar surface area (TPSA) is 123 Å². The van der Waals surface area contributed by atoms with Crippen molar-refractivity contribution in [1.29, 1.82) is 5.26 Å². The van der Waals surface area contributed by atoms with E-state index >= 15 is 0 Å². The second-order valence-corrected chi connectivity index (χ2v) is 15.9. The first-order chi connectivity index (χ1) is 26.6. The van der Waals surface area contributed by atoms with Crippen molar-refractivity contribution in [3.8, 4) is 34.4 Å². The molecule has 2 bridgehead atoms. The number of nitriles is 1. The highest BCUT2D eigenvalue weighted by molar-refractivity contribution is 6.13. The van der Waals surface area contributed by atoms with Crippen LogP contribution in [0.15, 0.2) is 72.8 Å². The molecule has 4 aliphatic rings. The van der Waals surface area contributed by atoms with Crippen molar-refractivity contribution in [2.24, 2.45) is 5.92 Å². The molecule has 4 aromatic carbocycles. The zero-order valence-corrected chi connectivity index (χ0v) is 32.0. The summed E-state index contributed by atoms with van der Waals surface area (Å²) in [5.41, 5.74) is 4.88. The number of pyridine rings is 1. The number of carbonyl (C=O) groups is 1. The van der Waals surface area contributed by atoms with Crippen LogP contribution in [0.1, 0.15) is 43.1 Å². The van der Waals surface area contributed by atoms with Gasteiger partial charge < -0.3 is 34.4 Å². The molecular weight excluding hydrogens is 689 g/mol. The first-order valence-electron chi connectivity index (χ1n) is 19.2. The number of ether oxygens (including phenoxy) is 1. The minimum absolute atomic E-state index is 0.00696. The SMILES string of the molecule is CC(C(=O)N(C)C)c1nc2c(N3CC(N(C)C)C3)nc3c(Oc4ccccc4)c(-c4cc(O)cc5ccccc45)c(CCC#N)cc3c2n1C1C2CNC1C2. The largest absolute Gasteiger partial charge is 0.508 e. The number of anilines is 1. The number of phenols is 1. The van der Waals surface area contributed by atoms with Gasteiger partial charge in [-0.25, -0.2) is 9.97 Å². The lowest BCUT2D eigenvalue weighted by Gasteiger charge is -2.43. The van der Waals surface area contributed by atoms with Gasteiger partial charge in [-0.15, -0.1) is 0 Å². The van der Waals surface area contributed by atoms with Crippen LogP contribution in [0.2, 0.25) is 0 Å². The highest BCUT2D eigenvalue weighted by Crippen LogP contribution is 2.52. The molecule has 0 spiro atoms. The van der Waals surface area contributed by atoms with Crippen molar-refractivity contribution in [1.82, 2.24) is 29.7 Å². The lowest BCUT2D eigenvalue weighted by atomic mass is 9.79. The van der Waals surface area contributed by atoms with E-state index in [1.54, 1.807) is 31.1 Å². The van der Waals surface area contributed by atoms with Gasteiger partial charge >= 0.3 is 0 Å². The van der Waals surface area contributed by atoms with E-state index in [0.717, 1.165) is 81.6 Å². The van der Waals surface area contributed by atoms with Gasteiger partial charge in [-0.3, -0.25) is 4.79 Å². The predicted molar refractivity (Wildman–Crippen MR) is 216 cm³/mol. The van der Waals surface area contributed by atoms with E-state index in [1.165, 1.54) is 0 Å². The number of aromatic nitrogens is 3. The molecule has 55 heavy (non-hydrogen) atoms. The van der Waals surface area contributed by atoms with Gasteiger partial charge in [-0.1, -0.05) is 42.5 Å². The number of amides is 1. The summed E-state index contributed by atoms with van der Waals surface area (Å²) in [4.78, 5) is 30.9. The fraction of sp³-hybridized carbons (Fsp3) is 0.364.